The summed E-state index contributed by atoms with van der Waals surface area (Å²) in [5.74, 6) is 5.30. The van der Waals surface area contributed by atoms with Crippen LogP contribution in [0, 0.1) is 40.4 Å². The van der Waals surface area contributed by atoms with Crippen LogP contribution in [-0.2, 0) is 0 Å². The Morgan fingerprint density at radius 2 is 1.81 bits per heavy atom. The summed E-state index contributed by atoms with van der Waals surface area (Å²) in [6, 6.07) is 0. The molecule has 1 heterocycles. The molecule has 5 aliphatic rings. The van der Waals surface area contributed by atoms with Gasteiger partial charge in [0.2, 0.25) is 0 Å². The molecule has 4 unspecified atom stereocenters. The van der Waals surface area contributed by atoms with Gasteiger partial charge < -0.3 is 0 Å². The number of fused-ring (bicyclic) bond motifs is 6. The third kappa shape index (κ3) is 1.76. The topological polar surface area (TPSA) is 0 Å². The highest BCUT2D eigenvalue weighted by atomic mass is 32.2. The van der Waals surface area contributed by atoms with Gasteiger partial charge in [0.05, 0.1) is 0 Å². The lowest BCUT2D eigenvalue weighted by Crippen LogP contribution is -2.55. The molecule has 5 rings (SSSR count). The van der Waals surface area contributed by atoms with Crippen molar-refractivity contribution in [3.8, 4) is 0 Å². The second kappa shape index (κ2) is 4.25. The highest BCUT2D eigenvalue weighted by molar-refractivity contribution is 8.07. The van der Waals surface area contributed by atoms with E-state index in [-0.39, 0.29) is 0 Å². The van der Waals surface area contributed by atoms with E-state index in [1.807, 2.05) is 0 Å². The summed E-state index contributed by atoms with van der Waals surface area (Å²) >= 11 is 2.32. The molecule has 5 fully saturated rings. The molecule has 0 aromatic heterocycles. The van der Waals surface area contributed by atoms with Crippen LogP contribution >= 0.6 is 11.8 Å². The summed E-state index contributed by atoms with van der Waals surface area (Å²) in [5, 5.41) is 2.14. The fourth-order valence-corrected chi connectivity index (χ4v) is 9.25. The fraction of sp³-hybridized carbons (Fsp3) is 1.00. The smallest absolute Gasteiger partial charge is 0.0175 e. The van der Waals surface area contributed by atoms with Crippen molar-refractivity contribution in [2.75, 3.05) is 0 Å². The first-order chi connectivity index (χ1) is 10.0. The van der Waals surface area contributed by atoms with Gasteiger partial charge in [-0.1, -0.05) is 27.2 Å². The van der Waals surface area contributed by atoms with Crippen molar-refractivity contribution in [2.24, 2.45) is 40.4 Å². The molecule has 0 bridgehead atoms. The predicted molar refractivity (Wildman–Crippen MR) is 91.4 cm³/mol. The summed E-state index contributed by atoms with van der Waals surface area (Å²) in [4.78, 5) is 0. The molecule has 4 saturated carbocycles. The van der Waals surface area contributed by atoms with E-state index in [1.54, 1.807) is 38.5 Å². The molecule has 1 heteroatoms. The van der Waals surface area contributed by atoms with Gasteiger partial charge in [0.1, 0.15) is 0 Å². The largest absolute Gasteiger partial charge is 0.153 e. The maximum Gasteiger partial charge on any atom is 0.0175 e. The standard InChI is InChI=1S/C20H32S/c1-12-9-13-10-16-17(21-16)11-20(13,3)15-6-8-19(2)7-4-5-14(19)18(12)15/h12-18H,4-11H2,1-3H3/t12?,13?,14-,15+,16?,17?,18-,19-,20-/m0/s1. The van der Waals surface area contributed by atoms with Crippen LogP contribution in [0.3, 0.4) is 0 Å². The average molecular weight is 305 g/mol. The van der Waals surface area contributed by atoms with Crippen LogP contribution in [0.2, 0.25) is 0 Å². The van der Waals surface area contributed by atoms with Gasteiger partial charge in [-0.05, 0) is 85.4 Å². The van der Waals surface area contributed by atoms with Gasteiger partial charge in [-0.2, -0.15) is 11.8 Å². The van der Waals surface area contributed by atoms with E-state index in [0.29, 0.717) is 5.41 Å². The molecule has 0 aromatic rings. The molecule has 0 spiro atoms. The Morgan fingerprint density at radius 3 is 2.67 bits per heavy atom. The molecular formula is C20H32S. The van der Waals surface area contributed by atoms with E-state index < -0.39 is 0 Å². The van der Waals surface area contributed by atoms with Gasteiger partial charge in [0.15, 0.2) is 0 Å². The summed E-state index contributed by atoms with van der Waals surface area (Å²) in [7, 11) is 0. The first-order valence-corrected chi connectivity index (χ1v) is 10.6. The Morgan fingerprint density at radius 1 is 0.952 bits per heavy atom. The number of rotatable bonds is 0. The Hall–Kier alpha value is 0.350. The Kier molecular flexibility index (Phi) is 2.78. The minimum Gasteiger partial charge on any atom is -0.153 e. The third-order valence-corrected chi connectivity index (χ3v) is 10.5. The van der Waals surface area contributed by atoms with E-state index in [0.717, 1.165) is 45.5 Å². The monoisotopic (exact) mass is 304 g/mol. The quantitative estimate of drug-likeness (QED) is 0.513. The molecule has 0 N–H and O–H groups in total. The van der Waals surface area contributed by atoms with Gasteiger partial charge in [0.25, 0.3) is 0 Å². The zero-order chi connectivity index (χ0) is 14.4. The van der Waals surface area contributed by atoms with Crippen molar-refractivity contribution >= 4 is 11.8 Å². The van der Waals surface area contributed by atoms with Crippen LogP contribution in [0.15, 0.2) is 0 Å². The zero-order valence-electron chi connectivity index (χ0n) is 14.1. The highest BCUT2D eigenvalue weighted by Crippen LogP contribution is 2.70. The Bertz CT molecular complexity index is 459. The number of thioether (sulfide) groups is 1. The lowest BCUT2D eigenvalue weighted by atomic mass is 9.43. The minimum atomic E-state index is 0.714. The normalized spacial score (nSPS) is 65.0. The second-order valence-electron chi connectivity index (χ2n) is 9.94. The molecular weight excluding hydrogens is 272 g/mol. The third-order valence-electron chi connectivity index (χ3n) is 9.05. The van der Waals surface area contributed by atoms with Gasteiger partial charge in [-0.25, -0.2) is 0 Å². The molecule has 1 aliphatic heterocycles. The van der Waals surface area contributed by atoms with Gasteiger partial charge >= 0.3 is 0 Å². The van der Waals surface area contributed by atoms with E-state index in [2.05, 4.69) is 32.5 Å². The molecule has 0 aromatic carbocycles. The van der Waals surface area contributed by atoms with Crippen LogP contribution in [0.4, 0.5) is 0 Å². The van der Waals surface area contributed by atoms with Crippen molar-refractivity contribution < 1.29 is 0 Å². The molecule has 0 amide bonds. The maximum atomic E-state index is 2.73. The SMILES string of the molecule is CC1CC2CC3SC3C[C@]2(C)[C@@H]2CC[C@]3(C)CCC[C@H]3[C@H]12. The lowest BCUT2D eigenvalue weighted by Gasteiger charge is -2.61. The second-order valence-corrected chi connectivity index (χ2v) is 11.4. The van der Waals surface area contributed by atoms with Gasteiger partial charge in [-0.3, -0.25) is 0 Å². The van der Waals surface area contributed by atoms with E-state index in [4.69, 9.17) is 0 Å². The van der Waals surface area contributed by atoms with Crippen molar-refractivity contribution in [3.63, 3.8) is 0 Å². The molecule has 118 valence electrons. The van der Waals surface area contributed by atoms with Crippen LogP contribution in [0.25, 0.3) is 0 Å². The van der Waals surface area contributed by atoms with Gasteiger partial charge in [0, 0.05) is 10.5 Å². The Balaban J connectivity index is 1.51. The average Bonchev–Trinajstić information content (AvgIpc) is 3.04. The highest BCUT2D eigenvalue weighted by Gasteiger charge is 2.63. The number of hydrogen-bond acceptors (Lipinski definition) is 1. The van der Waals surface area contributed by atoms with Crippen molar-refractivity contribution in [2.45, 2.75) is 82.6 Å². The summed E-state index contributed by atoms with van der Waals surface area (Å²) in [6.45, 7) is 8.01. The molecule has 9 atom stereocenters. The van der Waals surface area contributed by atoms with Crippen molar-refractivity contribution in [1.29, 1.82) is 0 Å². The summed E-state index contributed by atoms with van der Waals surface area (Å²) in [5.41, 5.74) is 1.44. The molecule has 4 aliphatic carbocycles. The molecule has 1 saturated heterocycles. The lowest BCUT2D eigenvalue weighted by molar-refractivity contribution is -0.123. The first kappa shape index (κ1) is 13.8. The Labute approximate surface area is 135 Å². The molecule has 0 radical (unpaired) electrons. The van der Waals surface area contributed by atoms with E-state index >= 15 is 0 Å². The van der Waals surface area contributed by atoms with Gasteiger partial charge in [-0.15, -0.1) is 0 Å². The summed E-state index contributed by atoms with van der Waals surface area (Å²) in [6.07, 6.45) is 12.4. The van der Waals surface area contributed by atoms with E-state index in [1.165, 1.54) is 12.8 Å². The van der Waals surface area contributed by atoms with Crippen LogP contribution in [0.1, 0.15) is 72.1 Å². The number of hydrogen-bond donors (Lipinski definition) is 0. The summed E-state index contributed by atoms with van der Waals surface area (Å²) < 4.78 is 0. The predicted octanol–water partition coefficient (Wildman–Crippen LogP) is 5.76. The first-order valence-electron chi connectivity index (χ1n) is 9.67. The van der Waals surface area contributed by atoms with Crippen LogP contribution < -0.4 is 0 Å². The van der Waals surface area contributed by atoms with E-state index in [9.17, 15) is 0 Å². The molecule has 0 nitrogen and oxygen atoms in total. The maximum absolute atomic E-state index is 2.73. The van der Waals surface area contributed by atoms with Crippen molar-refractivity contribution in [1.82, 2.24) is 0 Å². The van der Waals surface area contributed by atoms with Crippen molar-refractivity contribution in [3.05, 3.63) is 0 Å². The van der Waals surface area contributed by atoms with Crippen LogP contribution in [0.5, 0.6) is 0 Å². The zero-order valence-corrected chi connectivity index (χ0v) is 14.9. The van der Waals surface area contributed by atoms with Crippen LogP contribution in [-0.4, -0.2) is 10.5 Å². The fourth-order valence-electron chi connectivity index (χ4n) is 7.89. The molecule has 21 heavy (non-hydrogen) atoms. The minimum absolute atomic E-state index is 0.714.